The summed E-state index contributed by atoms with van der Waals surface area (Å²) in [7, 11) is 0. The van der Waals surface area contributed by atoms with Crippen LogP contribution in [-0.4, -0.2) is 27.1 Å². The maximum absolute atomic E-state index is 12.2. The van der Waals surface area contributed by atoms with E-state index in [4.69, 9.17) is 9.52 Å². The SMILES string of the molecule is CCc1ccc(/C=C2\SC(=N[C@H](CC(=O)O)c3cccnc3)NC2=O)o1. The van der Waals surface area contributed by atoms with Gasteiger partial charge in [-0.2, -0.15) is 0 Å². The summed E-state index contributed by atoms with van der Waals surface area (Å²) >= 11 is 1.16. The zero-order valence-electron chi connectivity index (χ0n) is 14.0. The minimum Gasteiger partial charge on any atom is -0.481 e. The van der Waals surface area contributed by atoms with Gasteiger partial charge in [-0.3, -0.25) is 19.6 Å². The molecule has 0 aromatic carbocycles. The van der Waals surface area contributed by atoms with Gasteiger partial charge in [-0.15, -0.1) is 0 Å². The average molecular weight is 371 g/mol. The van der Waals surface area contributed by atoms with E-state index in [2.05, 4.69) is 15.3 Å². The van der Waals surface area contributed by atoms with Gasteiger partial charge in [0.05, 0.1) is 17.4 Å². The Kier molecular flexibility index (Phi) is 5.52. The summed E-state index contributed by atoms with van der Waals surface area (Å²) in [6, 6.07) is 6.52. The Balaban J connectivity index is 1.81. The number of amides is 1. The molecule has 1 saturated heterocycles. The number of aliphatic imine (C=N–C) groups is 1. The normalized spacial score (nSPS) is 18.3. The number of thioether (sulfide) groups is 1. The number of carboxylic acid groups (broad SMARTS) is 1. The predicted octanol–water partition coefficient (Wildman–Crippen LogP) is 3.01. The average Bonchev–Trinajstić information content (AvgIpc) is 3.21. The van der Waals surface area contributed by atoms with Crippen molar-refractivity contribution in [2.24, 2.45) is 4.99 Å². The third kappa shape index (κ3) is 4.40. The van der Waals surface area contributed by atoms with Crippen LogP contribution < -0.4 is 5.32 Å². The monoisotopic (exact) mass is 371 g/mol. The van der Waals surface area contributed by atoms with E-state index in [0.717, 1.165) is 23.9 Å². The van der Waals surface area contributed by atoms with Crippen LogP contribution in [0.4, 0.5) is 0 Å². The van der Waals surface area contributed by atoms with Gasteiger partial charge < -0.3 is 14.8 Å². The summed E-state index contributed by atoms with van der Waals surface area (Å²) in [6.07, 6.45) is 5.41. The van der Waals surface area contributed by atoms with Crippen molar-refractivity contribution in [3.05, 3.63) is 58.6 Å². The number of hydrogen-bond acceptors (Lipinski definition) is 6. The molecule has 0 spiro atoms. The van der Waals surface area contributed by atoms with Gasteiger partial charge in [-0.25, -0.2) is 0 Å². The second-order valence-corrected chi connectivity index (χ2v) is 6.59. The molecule has 1 fully saturated rings. The minimum absolute atomic E-state index is 0.192. The number of furan rings is 1. The van der Waals surface area contributed by atoms with Crippen LogP contribution in [0.1, 0.15) is 36.5 Å². The highest BCUT2D eigenvalue weighted by molar-refractivity contribution is 8.18. The molecule has 26 heavy (non-hydrogen) atoms. The largest absolute Gasteiger partial charge is 0.481 e. The molecule has 0 aliphatic carbocycles. The summed E-state index contributed by atoms with van der Waals surface area (Å²) < 4.78 is 5.59. The number of aromatic nitrogens is 1. The van der Waals surface area contributed by atoms with Gasteiger partial charge in [-0.1, -0.05) is 13.0 Å². The Labute approximate surface area is 154 Å². The highest BCUT2D eigenvalue weighted by Crippen LogP contribution is 2.30. The van der Waals surface area contributed by atoms with E-state index in [1.807, 2.05) is 13.0 Å². The Bertz CT molecular complexity index is 874. The van der Waals surface area contributed by atoms with Crippen molar-refractivity contribution in [1.82, 2.24) is 10.3 Å². The molecule has 1 aliphatic heterocycles. The van der Waals surface area contributed by atoms with E-state index in [0.29, 0.717) is 21.4 Å². The Morgan fingerprint density at radius 3 is 2.96 bits per heavy atom. The highest BCUT2D eigenvalue weighted by Gasteiger charge is 2.26. The molecule has 7 nitrogen and oxygen atoms in total. The number of hydrogen-bond donors (Lipinski definition) is 2. The number of rotatable bonds is 6. The first-order chi connectivity index (χ1) is 12.5. The van der Waals surface area contributed by atoms with Crippen LogP contribution in [-0.2, 0) is 16.0 Å². The molecule has 2 N–H and O–H groups in total. The van der Waals surface area contributed by atoms with Crippen LogP contribution in [0.5, 0.6) is 0 Å². The number of nitrogens with zero attached hydrogens (tertiary/aromatic N) is 2. The highest BCUT2D eigenvalue weighted by atomic mass is 32.2. The number of carbonyl (C=O) groups excluding carboxylic acids is 1. The first-order valence-corrected chi connectivity index (χ1v) is 8.86. The van der Waals surface area contributed by atoms with Crippen molar-refractivity contribution < 1.29 is 19.1 Å². The van der Waals surface area contributed by atoms with Crippen LogP contribution in [0.15, 0.2) is 51.0 Å². The standard InChI is InChI=1S/C18H17N3O4S/c1-2-12-5-6-13(25-12)8-15-17(24)21-18(26-15)20-14(9-16(22)23)11-4-3-7-19-10-11/h3-8,10,14H,2,9H2,1H3,(H,22,23)(H,20,21,24)/b15-8-/t14-/m1/s1. The van der Waals surface area contributed by atoms with Gasteiger partial charge >= 0.3 is 5.97 Å². The van der Waals surface area contributed by atoms with Crippen LogP contribution in [0.25, 0.3) is 6.08 Å². The smallest absolute Gasteiger partial charge is 0.305 e. The molecular weight excluding hydrogens is 354 g/mol. The lowest BCUT2D eigenvalue weighted by molar-refractivity contribution is -0.137. The number of amidine groups is 1. The topological polar surface area (TPSA) is 105 Å². The predicted molar refractivity (Wildman–Crippen MR) is 98.5 cm³/mol. The Morgan fingerprint density at radius 1 is 1.46 bits per heavy atom. The minimum atomic E-state index is -0.976. The maximum Gasteiger partial charge on any atom is 0.305 e. The second-order valence-electron chi connectivity index (χ2n) is 5.56. The lowest BCUT2D eigenvalue weighted by atomic mass is 10.1. The Hall–Kier alpha value is -2.87. The summed E-state index contributed by atoms with van der Waals surface area (Å²) in [5, 5.41) is 12.2. The van der Waals surface area contributed by atoms with Crippen molar-refractivity contribution in [2.75, 3.05) is 0 Å². The molecule has 0 radical (unpaired) electrons. The molecule has 134 valence electrons. The van der Waals surface area contributed by atoms with Crippen LogP contribution in [0, 0.1) is 0 Å². The maximum atomic E-state index is 12.2. The van der Waals surface area contributed by atoms with Crippen LogP contribution in [0.3, 0.4) is 0 Å². The molecule has 0 unspecified atom stereocenters. The summed E-state index contributed by atoms with van der Waals surface area (Å²) in [5.41, 5.74) is 0.674. The number of nitrogens with one attached hydrogen (secondary N) is 1. The van der Waals surface area contributed by atoms with E-state index in [9.17, 15) is 9.59 Å². The zero-order valence-corrected chi connectivity index (χ0v) is 14.8. The molecule has 1 aliphatic rings. The van der Waals surface area contributed by atoms with Crippen LogP contribution in [0.2, 0.25) is 0 Å². The van der Waals surface area contributed by atoms with Gasteiger partial charge in [0.1, 0.15) is 11.5 Å². The molecule has 1 atom stereocenters. The van der Waals surface area contributed by atoms with Crippen molar-refractivity contribution in [3.63, 3.8) is 0 Å². The van der Waals surface area contributed by atoms with Crippen LogP contribution >= 0.6 is 11.8 Å². The van der Waals surface area contributed by atoms with Crippen molar-refractivity contribution >= 4 is 34.9 Å². The summed E-state index contributed by atoms with van der Waals surface area (Å²) in [5.74, 6) is 0.168. The van der Waals surface area contributed by atoms with E-state index < -0.39 is 12.0 Å². The number of pyridine rings is 1. The van der Waals surface area contributed by atoms with Crippen molar-refractivity contribution in [2.45, 2.75) is 25.8 Å². The fraction of sp³-hybridized carbons (Fsp3) is 0.222. The van der Waals surface area contributed by atoms with Gasteiger partial charge in [0.15, 0.2) is 5.17 Å². The number of aliphatic carboxylic acids is 1. The third-order valence-electron chi connectivity index (χ3n) is 3.67. The fourth-order valence-corrected chi connectivity index (χ4v) is 3.25. The first-order valence-electron chi connectivity index (χ1n) is 8.04. The lowest BCUT2D eigenvalue weighted by Gasteiger charge is -2.10. The molecule has 8 heteroatoms. The molecule has 0 saturated carbocycles. The third-order valence-corrected chi connectivity index (χ3v) is 4.59. The molecule has 0 bridgehead atoms. The Morgan fingerprint density at radius 2 is 2.31 bits per heavy atom. The van der Waals surface area contributed by atoms with Gasteiger partial charge in [0, 0.05) is 24.9 Å². The van der Waals surface area contributed by atoms with E-state index in [1.165, 1.54) is 0 Å². The van der Waals surface area contributed by atoms with E-state index in [1.54, 1.807) is 36.7 Å². The van der Waals surface area contributed by atoms with Gasteiger partial charge in [0.25, 0.3) is 5.91 Å². The number of carbonyl (C=O) groups is 2. The van der Waals surface area contributed by atoms with Gasteiger partial charge in [-0.05, 0) is 35.5 Å². The fourth-order valence-electron chi connectivity index (χ4n) is 2.40. The van der Waals surface area contributed by atoms with Crippen molar-refractivity contribution in [3.8, 4) is 0 Å². The van der Waals surface area contributed by atoms with Gasteiger partial charge in [0.2, 0.25) is 0 Å². The number of aryl methyl sites for hydroxylation is 1. The second kappa shape index (κ2) is 8.01. The zero-order chi connectivity index (χ0) is 18.5. The summed E-state index contributed by atoms with van der Waals surface area (Å²) in [4.78, 5) is 32.2. The molecule has 2 aromatic rings. The van der Waals surface area contributed by atoms with Crippen molar-refractivity contribution in [1.29, 1.82) is 0 Å². The van der Waals surface area contributed by atoms with E-state index >= 15 is 0 Å². The molecule has 1 amide bonds. The molecule has 2 aromatic heterocycles. The molecule has 3 heterocycles. The molecular formula is C18H17N3O4S. The lowest BCUT2D eigenvalue weighted by Crippen LogP contribution is -2.21. The first kappa shape index (κ1) is 17.9. The summed E-state index contributed by atoms with van der Waals surface area (Å²) in [6.45, 7) is 1.98. The van der Waals surface area contributed by atoms with E-state index in [-0.39, 0.29) is 12.3 Å². The molecule has 3 rings (SSSR count). The number of carboxylic acids is 1. The quantitative estimate of drug-likeness (QED) is 0.756.